The Morgan fingerprint density at radius 2 is 0.861 bits per heavy atom. The molecule has 14 rings (SSSR count). The quantitative estimate of drug-likeness (QED) is 0.162. The number of hydrogen-bond acceptors (Lipinski definition) is 4. The number of allylic oxidation sites excluding steroid dienone is 3. The van der Waals surface area contributed by atoms with Gasteiger partial charge in [0.05, 0.1) is 11.4 Å². The summed E-state index contributed by atoms with van der Waals surface area (Å²) >= 11 is 0. The molecule has 0 atom stereocenters. The van der Waals surface area contributed by atoms with Crippen molar-refractivity contribution >= 4 is 66.6 Å². The van der Waals surface area contributed by atoms with Crippen LogP contribution in [0.1, 0.15) is 29.5 Å². The van der Waals surface area contributed by atoms with Crippen LogP contribution in [0.4, 0.5) is 5.95 Å². The van der Waals surface area contributed by atoms with Gasteiger partial charge in [-0.3, -0.25) is 8.97 Å². The van der Waals surface area contributed by atoms with Gasteiger partial charge in [-0.1, -0.05) is 193 Å². The van der Waals surface area contributed by atoms with Crippen molar-refractivity contribution in [2.75, 3.05) is 11.9 Å². The molecule has 9 aromatic carbocycles. The Labute approximate surface area is 417 Å². The van der Waals surface area contributed by atoms with Gasteiger partial charge in [0.2, 0.25) is 11.7 Å². The van der Waals surface area contributed by atoms with Crippen molar-refractivity contribution in [1.29, 1.82) is 0 Å². The fourth-order valence-electron chi connectivity index (χ4n) is 11.4. The molecule has 342 valence electrons. The summed E-state index contributed by atoms with van der Waals surface area (Å²) in [4.78, 5) is 14.5. The Hall–Kier alpha value is -9.13. The van der Waals surface area contributed by atoms with Gasteiger partial charge >= 0.3 is 0 Å². The van der Waals surface area contributed by atoms with E-state index in [0.717, 1.165) is 59.0 Å². The van der Waals surface area contributed by atoms with Crippen molar-refractivity contribution in [2.24, 2.45) is 0 Å². The minimum atomic E-state index is 0.685. The molecule has 4 heterocycles. The number of imidazole rings is 2. The summed E-state index contributed by atoms with van der Waals surface area (Å²) in [5.41, 5.74) is 19.0. The van der Waals surface area contributed by atoms with Gasteiger partial charge in [-0.2, -0.15) is 0 Å². The highest BCUT2D eigenvalue weighted by molar-refractivity contribution is 6.29. The van der Waals surface area contributed by atoms with E-state index >= 15 is 0 Å². The van der Waals surface area contributed by atoms with Crippen molar-refractivity contribution in [3.63, 3.8) is 0 Å². The van der Waals surface area contributed by atoms with E-state index in [9.17, 15) is 0 Å². The number of rotatable bonds is 7. The van der Waals surface area contributed by atoms with Crippen LogP contribution in [-0.4, -0.2) is 30.5 Å². The molecule has 3 aromatic heterocycles. The summed E-state index contributed by atoms with van der Waals surface area (Å²) in [6.07, 6.45) is 17.2. The number of benzene rings is 9. The highest BCUT2D eigenvalue weighted by atomic mass is 15.2. The maximum Gasteiger partial charge on any atom is 0.234 e. The van der Waals surface area contributed by atoms with Crippen LogP contribution in [0.25, 0.3) is 117 Å². The van der Waals surface area contributed by atoms with Crippen molar-refractivity contribution in [2.45, 2.75) is 26.7 Å². The van der Waals surface area contributed by atoms with Crippen LogP contribution in [0, 0.1) is 13.8 Å². The molecule has 6 heteroatoms. The Bertz CT molecular complexity index is 4150. The normalized spacial score (nSPS) is 13.6. The standard InChI is InChI=1S/C66H48N6/c1-41-19-23-45(24-20-41)59-39-71-37-49(35-67-65(71)69-59)43-27-31-47(32-28-43)61-51-11-3-7-15-55(51)63(56-16-8-4-12-52(56)61)64-57-17-9-5-13-53(57)62(54-14-6-10-18-58(54)64)48-33-29-44(30-34-48)50-36-68-66-70-60(40-72(66)38-50)46-25-21-42(2)22-26-46/h3-29,31-33,35,37-40H,30,34,36H2,1-2H3,(H,68,70). The van der Waals surface area contributed by atoms with Crippen LogP contribution in [0.15, 0.2) is 218 Å². The maximum absolute atomic E-state index is 4.92. The zero-order chi connectivity index (χ0) is 47.9. The van der Waals surface area contributed by atoms with Crippen LogP contribution in [0.2, 0.25) is 0 Å². The number of nitrogens with one attached hydrogen (secondary N) is 1. The third-order valence-corrected chi connectivity index (χ3v) is 15.0. The van der Waals surface area contributed by atoms with E-state index < -0.39 is 0 Å². The summed E-state index contributed by atoms with van der Waals surface area (Å²) in [7, 11) is 0. The number of aromatic nitrogens is 5. The molecule has 72 heavy (non-hydrogen) atoms. The van der Waals surface area contributed by atoms with E-state index in [0.29, 0.717) is 5.78 Å². The molecule has 0 spiro atoms. The molecule has 12 aromatic rings. The first-order valence-corrected chi connectivity index (χ1v) is 24.9. The lowest BCUT2D eigenvalue weighted by Crippen LogP contribution is -2.16. The first-order chi connectivity index (χ1) is 35.5. The largest absolute Gasteiger partial charge is 0.351 e. The zero-order valence-electron chi connectivity index (χ0n) is 40.1. The van der Waals surface area contributed by atoms with Crippen molar-refractivity contribution in [3.05, 3.63) is 235 Å². The average Bonchev–Trinajstić information content (AvgIpc) is 4.07. The van der Waals surface area contributed by atoms with Crippen LogP contribution >= 0.6 is 0 Å². The predicted molar refractivity (Wildman–Crippen MR) is 300 cm³/mol. The fourth-order valence-corrected chi connectivity index (χ4v) is 11.4. The number of aryl methyl sites for hydroxylation is 2. The van der Waals surface area contributed by atoms with E-state index in [4.69, 9.17) is 15.0 Å². The second-order valence-electron chi connectivity index (χ2n) is 19.4. The van der Waals surface area contributed by atoms with E-state index in [1.165, 1.54) is 98.8 Å². The molecule has 0 unspecified atom stereocenters. The summed E-state index contributed by atoms with van der Waals surface area (Å²) in [5, 5.41) is 13.6. The average molecular weight is 925 g/mol. The highest BCUT2D eigenvalue weighted by Gasteiger charge is 2.25. The molecule has 0 saturated carbocycles. The fraction of sp³-hybridized carbons (Fsp3) is 0.0758. The van der Waals surface area contributed by atoms with Crippen molar-refractivity contribution in [1.82, 2.24) is 23.9 Å². The first-order valence-electron chi connectivity index (χ1n) is 24.9. The second-order valence-corrected chi connectivity index (χ2v) is 19.4. The van der Waals surface area contributed by atoms with E-state index in [1.807, 2.05) is 10.6 Å². The summed E-state index contributed by atoms with van der Waals surface area (Å²) in [6.45, 7) is 4.97. The zero-order valence-corrected chi connectivity index (χ0v) is 40.1. The third kappa shape index (κ3) is 6.97. The number of anilines is 1. The molecule has 0 amide bonds. The molecule has 0 radical (unpaired) electrons. The van der Waals surface area contributed by atoms with Gasteiger partial charge in [0.1, 0.15) is 0 Å². The SMILES string of the molecule is Cc1ccc(-c2cn3c(n2)NCC(C2=CC=C(c4c5ccccc5c(-c5c6ccccc6c(-c6ccc(-c7cnc8nc(-c9ccc(C)cc9)cn8c7)cc6)c6ccccc56)c5ccccc45)CC2)=C3)cc1. The van der Waals surface area contributed by atoms with Crippen molar-refractivity contribution in [3.8, 4) is 55.9 Å². The Morgan fingerprint density at radius 1 is 0.403 bits per heavy atom. The van der Waals surface area contributed by atoms with E-state index in [-0.39, 0.29) is 0 Å². The molecule has 0 bridgehead atoms. The van der Waals surface area contributed by atoms with Gasteiger partial charge in [-0.05, 0) is 120 Å². The van der Waals surface area contributed by atoms with Gasteiger partial charge in [-0.15, -0.1) is 0 Å². The first kappa shape index (κ1) is 41.8. The van der Waals surface area contributed by atoms with Crippen LogP contribution in [-0.2, 0) is 0 Å². The lowest BCUT2D eigenvalue weighted by Gasteiger charge is -2.25. The van der Waals surface area contributed by atoms with Gasteiger partial charge in [-0.25, -0.2) is 15.0 Å². The van der Waals surface area contributed by atoms with Gasteiger partial charge < -0.3 is 5.32 Å². The monoisotopic (exact) mass is 924 g/mol. The Morgan fingerprint density at radius 3 is 1.39 bits per heavy atom. The van der Waals surface area contributed by atoms with E-state index in [2.05, 4.69) is 231 Å². The van der Waals surface area contributed by atoms with Gasteiger partial charge in [0, 0.05) is 54.2 Å². The van der Waals surface area contributed by atoms with E-state index in [1.54, 1.807) is 0 Å². The summed E-state index contributed by atoms with van der Waals surface area (Å²) in [6, 6.07) is 62.3. The lowest BCUT2D eigenvalue weighted by molar-refractivity contribution is 0.947. The molecule has 1 N–H and O–H groups in total. The molecule has 2 aliphatic rings. The van der Waals surface area contributed by atoms with Crippen LogP contribution in [0.5, 0.6) is 0 Å². The maximum atomic E-state index is 4.92. The van der Waals surface area contributed by atoms with Gasteiger partial charge in [0.15, 0.2) is 0 Å². The smallest absolute Gasteiger partial charge is 0.234 e. The summed E-state index contributed by atoms with van der Waals surface area (Å²) < 4.78 is 4.18. The minimum Gasteiger partial charge on any atom is -0.351 e. The topological polar surface area (TPSA) is 60.0 Å². The molecule has 1 aliphatic carbocycles. The third-order valence-electron chi connectivity index (χ3n) is 15.0. The Balaban J connectivity index is 0.861. The molecular formula is C66H48N6. The number of fused-ring (bicyclic) bond motifs is 6. The Kier molecular flexibility index (Phi) is 9.75. The minimum absolute atomic E-state index is 0.685. The predicted octanol–water partition coefficient (Wildman–Crippen LogP) is 16.6. The molecule has 1 aliphatic heterocycles. The van der Waals surface area contributed by atoms with Crippen LogP contribution in [0.3, 0.4) is 0 Å². The second kappa shape index (κ2) is 16.8. The van der Waals surface area contributed by atoms with Crippen LogP contribution < -0.4 is 5.32 Å². The highest BCUT2D eigenvalue weighted by Crippen LogP contribution is 2.50. The summed E-state index contributed by atoms with van der Waals surface area (Å²) in [5.74, 6) is 1.57. The molecule has 0 saturated heterocycles. The van der Waals surface area contributed by atoms with Gasteiger partial charge in [0.25, 0.3) is 0 Å². The molecule has 6 nitrogen and oxygen atoms in total. The van der Waals surface area contributed by atoms with Crippen molar-refractivity contribution < 1.29 is 0 Å². The molecule has 0 fully saturated rings. The number of nitrogens with zero attached hydrogens (tertiary/aromatic N) is 5. The molecular weight excluding hydrogens is 877 g/mol. The lowest BCUT2D eigenvalue weighted by atomic mass is 9.79. The number of hydrogen-bond donors (Lipinski definition) is 1.